The lowest BCUT2D eigenvalue weighted by Gasteiger charge is -1.94. The summed E-state index contributed by atoms with van der Waals surface area (Å²) in [4.78, 5) is 3.76. The number of para-hydroxylation sites is 2. The van der Waals surface area contributed by atoms with Crippen LogP contribution in [0.15, 0.2) is 29.4 Å². The number of imidazole rings is 1. The monoisotopic (exact) mass is 276 g/mol. The molecule has 1 heterocycles. The van der Waals surface area contributed by atoms with Gasteiger partial charge < -0.3 is 0 Å². The Bertz CT molecular complexity index is 590. The molecule has 0 fully saturated rings. The first kappa shape index (κ1) is 9.63. The van der Waals surface area contributed by atoms with Crippen LogP contribution in [0.5, 0.6) is 0 Å². The highest BCUT2D eigenvalue weighted by molar-refractivity contribution is 9.08. The van der Waals surface area contributed by atoms with Crippen LogP contribution in [-0.4, -0.2) is 21.5 Å². The average Bonchev–Trinajstić information content (AvgIpc) is 2.44. The third kappa shape index (κ3) is 1.43. The number of rotatable bonds is 1. The van der Waals surface area contributed by atoms with E-state index in [1.807, 2.05) is 0 Å². The van der Waals surface area contributed by atoms with Gasteiger partial charge in [0.05, 0.1) is 27.2 Å². The van der Waals surface area contributed by atoms with Gasteiger partial charge in [-0.2, -0.15) is 8.42 Å². The maximum Gasteiger partial charge on any atom is 0.329 e. The Morgan fingerprint density at radius 1 is 1.36 bits per heavy atom. The molecule has 7 heteroatoms. The van der Waals surface area contributed by atoms with Crippen LogP contribution < -0.4 is 0 Å². The summed E-state index contributed by atoms with van der Waals surface area (Å²) in [6.45, 7) is 0. The number of hydrogen-bond acceptors (Lipinski definition) is 3. The van der Waals surface area contributed by atoms with Gasteiger partial charge in [-0.1, -0.05) is 12.1 Å². The van der Waals surface area contributed by atoms with Crippen molar-refractivity contribution in [3.63, 3.8) is 0 Å². The standard InChI is InChI=1S/C7H5BrN2O3S/c8-10-6-4-2-1-3-5(6)9-7(10)14(11,12)13/h1-4H,(H,11,12,13). The van der Waals surface area contributed by atoms with E-state index in [-0.39, 0.29) is 0 Å². The first-order valence-electron chi connectivity index (χ1n) is 3.61. The average molecular weight is 277 g/mol. The quantitative estimate of drug-likeness (QED) is 0.800. The van der Waals surface area contributed by atoms with E-state index in [1.165, 1.54) is 0 Å². The highest BCUT2D eigenvalue weighted by Crippen LogP contribution is 2.20. The highest BCUT2D eigenvalue weighted by atomic mass is 79.9. The Morgan fingerprint density at radius 3 is 2.57 bits per heavy atom. The summed E-state index contributed by atoms with van der Waals surface area (Å²) in [6.07, 6.45) is 0. The van der Waals surface area contributed by atoms with Gasteiger partial charge in [0.2, 0.25) is 0 Å². The lowest BCUT2D eigenvalue weighted by molar-refractivity contribution is 0.475. The van der Waals surface area contributed by atoms with Gasteiger partial charge in [-0.15, -0.1) is 0 Å². The molecule has 0 unspecified atom stereocenters. The molecule has 74 valence electrons. The van der Waals surface area contributed by atoms with E-state index in [2.05, 4.69) is 21.1 Å². The Morgan fingerprint density at radius 2 is 2.00 bits per heavy atom. The number of aromatic nitrogens is 2. The lowest BCUT2D eigenvalue weighted by Crippen LogP contribution is -2.03. The van der Waals surface area contributed by atoms with Crippen molar-refractivity contribution in [1.82, 2.24) is 8.58 Å². The number of nitrogens with zero attached hydrogens (tertiary/aromatic N) is 2. The molecule has 0 saturated heterocycles. The molecular formula is C7H5BrN2O3S. The van der Waals surface area contributed by atoms with Gasteiger partial charge in [0, 0.05) is 0 Å². The molecule has 0 aliphatic rings. The van der Waals surface area contributed by atoms with Crippen LogP contribution in [0, 0.1) is 0 Å². The van der Waals surface area contributed by atoms with E-state index >= 15 is 0 Å². The fourth-order valence-corrected chi connectivity index (χ4v) is 2.58. The molecule has 2 aromatic rings. The Balaban J connectivity index is 2.89. The molecular weight excluding hydrogens is 272 g/mol. The van der Waals surface area contributed by atoms with Gasteiger partial charge >= 0.3 is 10.1 Å². The summed E-state index contributed by atoms with van der Waals surface area (Å²) in [7, 11) is -4.29. The third-order valence-electron chi connectivity index (χ3n) is 1.71. The van der Waals surface area contributed by atoms with Crippen LogP contribution in [0.4, 0.5) is 0 Å². The van der Waals surface area contributed by atoms with Crippen LogP contribution in [0.3, 0.4) is 0 Å². The van der Waals surface area contributed by atoms with Crippen molar-refractivity contribution in [2.45, 2.75) is 5.16 Å². The van der Waals surface area contributed by atoms with E-state index in [9.17, 15) is 8.42 Å². The Labute approximate surface area is 88.5 Å². The molecule has 1 N–H and O–H groups in total. The summed E-state index contributed by atoms with van der Waals surface area (Å²) < 4.78 is 31.7. The van der Waals surface area contributed by atoms with Crippen LogP contribution in [0.1, 0.15) is 0 Å². The number of fused-ring (bicyclic) bond motifs is 1. The highest BCUT2D eigenvalue weighted by Gasteiger charge is 2.19. The predicted octanol–water partition coefficient (Wildman–Crippen LogP) is 1.44. The smallest absolute Gasteiger partial charge is 0.279 e. The minimum absolute atomic E-state index is 0.418. The molecule has 1 aromatic carbocycles. The number of hydrogen-bond donors (Lipinski definition) is 1. The summed E-state index contributed by atoms with van der Waals surface area (Å²) in [6, 6.07) is 6.82. The predicted molar refractivity (Wildman–Crippen MR) is 53.9 cm³/mol. The van der Waals surface area contributed by atoms with E-state index in [0.717, 1.165) is 3.59 Å². The van der Waals surface area contributed by atoms with Crippen molar-refractivity contribution in [2.24, 2.45) is 0 Å². The van der Waals surface area contributed by atoms with Gasteiger partial charge in [0.15, 0.2) is 0 Å². The van der Waals surface area contributed by atoms with Crippen LogP contribution in [0.2, 0.25) is 0 Å². The molecule has 0 aliphatic carbocycles. The molecule has 0 spiro atoms. The van der Waals surface area contributed by atoms with E-state index in [4.69, 9.17) is 4.55 Å². The normalized spacial score (nSPS) is 12.1. The molecule has 1 aromatic heterocycles. The van der Waals surface area contributed by atoms with E-state index in [0.29, 0.717) is 11.0 Å². The Kier molecular flexibility index (Phi) is 2.09. The van der Waals surface area contributed by atoms with E-state index < -0.39 is 15.3 Å². The second-order valence-electron chi connectivity index (χ2n) is 2.64. The minimum atomic E-state index is -4.29. The topological polar surface area (TPSA) is 72.2 Å². The maximum absolute atomic E-state index is 10.9. The van der Waals surface area contributed by atoms with Gasteiger partial charge in [-0.25, -0.2) is 8.58 Å². The van der Waals surface area contributed by atoms with Crippen molar-refractivity contribution < 1.29 is 13.0 Å². The molecule has 5 nitrogen and oxygen atoms in total. The SMILES string of the molecule is O=S(=O)(O)c1nc2ccccc2n1Br. The van der Waals surface area contributed by atoms with Crippen LogP contribution >= 0.6 is 16.1 Å². The fourth-order valence-electron chi connectivity index (χ4n) is 1.13. The maximum atomic E-state index is 10.9. The van der Waals surface area contributed by atoms with Gasteiger partial charge in [0.1, 0.15) is 0 Å². The van der Waals surface area contributed by atoms with Crippen molar-refractivity contribution in [1.29, 1.82) is 0 Å². The lowest BCUT2D eigenvalue weighted by atomic mass is 10.3. The number of halogens is 1. The molecule has 0 saturated carbocycles. The van der Waals surface area contributed by atoms with Crippen molar-refractivity contribution in [2.75, 3.05) is 0 Å². The van der Waals surface area contributed by atoms with Gasteiger partial charge in [-0.05, 0) is 12.1 Å². The second kappa shape index (κ2) is 3.04. The molecule has 0 amide bonds. The first-order chi connectivity index (χ1) is 6.50. The number of benzene rings is 1. The van der Waals surface area contributed by atoms with Crippen molar-refractivity contribution in [3.8, 4) is 0 Å². The summed E-state index contributed by atoms with van der Waals surface area (Å²) >= 11 is 3.00. The molecule has 0 bridgehead atoms. The molecule has 0 atom stereocenters. The minimum Gasteiger partial charge on any atom is -0.279 e. The summed E-state index contributed by atoms with van der Waals surface area (Å²) in [5, 5.41) is -0.418. The van der Waals surface area contributed by atoms with Crippen molar-refractivity contribution >= 4 is 37.3 Å². The largest absolute Gasteiger partial charge is 0.329 e. The van der Waals surface area contributed by atoms with Gasteiger partial charge in [-0.3, -0.25) is 4.55 Å². The third-order valence-corrected chi connectivity index (χ3v) is 3.40. The zero-order valence-electron chi connectivity index (χ0n) is 6.75. The molecule has 0 aliphatic heterocycles. The molecule has 14 heavy (non-hydrogen) atoms. The second-order valence-corrected chi connectivity index (χ2v) is 4.66. The zero-order chi connectivity index (χ0) is 10.3. The van der Waals surface area contributed by atoms with Crippen molar-refractivity contribution in [3.05, 3.63) is 24.3 Å². The van der Waals surface area contributed by atoms with Crippen LogP contribution in [-0.2, 0) is 10.1 Å². The summed E-state index contributed by atoms with van der Waals surface area (Å²) in [5.74, 6) is 0. The molecule has 2 rings (SSSR count). The fraction of sp³-hybridized carbons (Fsp3) is 0. The van der Waals surface area contributed by atoms with E-state index in [1.54, 1.807) is 24.3 Å². The summed E-state index contributed by atoms with van der Waals surface area (Å²) in [5.41, 5.74) is 1.08. The van der Waals surface area contributed by atoms with Crippen LogP contribution in [0.25, 0.3) is 11.0 Å². The molecule has 0 radical (unpaired) electrons. The van der Waals surface area contributed by atoms with Gasteiger partial charge in [0.25, 0.3) is 5.16 Å². The zero-order valence-corrected chi connectivity index (χ0v) is 9.16. The Hall–Kier alpha value is -0.920. The first-order valence-corrected chi connectivity index (χ1v) is 5.76.